The van der Waals surface area contributed by atoms with E-state index in [1.54, 1.807) is 6.92 Å². The van der Waals surface area contributed by atoms with Crippen molar-refractivity contribution in [2.75, 3.05) is 0 Å². The van der Waals surface area contributed by atoms with Crippen LogP contribution in [0.1, 0.15) is 47.0 Å². The van der Waals surface area contributed by atoms with Crippen LogP contribution in [0.25, 0.3) is 0 Å². The van der Waals surface area contributed by atoms with Crippen LogP contribution < -0.4 is 0 Å². The lowest BCUT2D eigenvalue weighted by Crippen LogP contribution is -2.73. The van der Waals surface area contributed by atoms with Gasteiger partial charge in [0.2, 0.25) is 11.6 Å². The van der Waals surface area contributed by atoms with Crippen LogP contribution in [0.4, 0.5) is 0 Å². The van der Waals surface area contributed by atoms with Gasteiger partial charge in [0.05, 0.1) is 10.8 Å². The fourth-order valence-electron chi connectivity index (χ4n) is 7.38. The lowest BCUT2D eigenvalue weighted by Gasteiger charge is -2.56. The second-order valence-electron chi connectivity index (χ2n) is 9.05. The summed E-state index contributed by atoms with van der Waals surface area (Å²) >= 11 is 0. The van der Waals surface area contributed by atoms with Crippen LogP contribution in [0.3, 0.4) is 0 Å². The average molecular weight is 330 g/mol. The number of hydrogen-bond acceptors (Lipinski definition) is 4. The SMILES string of the molecule is C=C(C)[C@H]1[C@@H]2CC(C)C3CCC(C)C4(O)C(=O)C(=O)C1(C)C(=O)C324. The number of carbonyl (C=O) groups is 3. The summed E-state index contributed by atoms with van der Waals surface area (Å²) in [5.74, 6) is -2.20. The summed E-state index contributed by atoms with van der Waals surface area (Å²) in [7, 11) is 0. The third-order valence-corrected chi connectivity index (χ3v) is 8.16. The van der Waals surface area contributed by atoms with Crippen LogP contribution in [0.5, 0.6) is 0 Å². The Balaban J connectivity index is 2.10. The lowest BCUT2D eigenvalue weighted by atomic mass is 9.46. The molecule has 0 heterocycles. The van der Waals surface area contributed by atoms with Gasteiger partial charge in [-0.2, -0.15) is 0 Å². The normalized spacial score (nSPS) is 55.7. The zero-order chi connectivity index (χ0) is 17.8. The van der Waals surface area contributed by atoms with E-state index in [2.05, 4.69) is 13.5 Å². The Kier molecular flexibility index (Phi) is 2.88. The van der Waals surface area contributed by atoms with Gasteiger partial charge in [0.1, 0.15) is 5.60 Å². The maximum Gasteiger partial charge on any atom is 0.232 e. The van der Waals surface area contributed by atoms with Crippen molar-refractivity contribution in [3.8, 4) is 0 Å². The molecule has 4 aliphatic carbocycles. The van der Waals surface area contributed by atoms with E-state index in [0.29, 0.717) is 6.42 Å². The van der Waals surface area contributed by atoms with Crippen LogP contribution >= 0.6 is 0 Å². The van der Waals surface area contributed by atoms with Gasteiger partial charge < -0.3 is 5.11 Å². The molecule has 4 rings (SSSR count). The fraction of sp³-hybridized carbons (Fsp3) is 0.750. The minimum atomic E-state index is -1.83. The molecule has 130 valence electrons. The quantitative estimate of drug-likeness (QED) is 0.455. The molecule has 2 bridgehead atoms. The van der Waals surface area contributed by atoms with E-state index < -0.39 is 28.0 Å². The van der Waals surface area contributed by atoms with Gasteiger partial charge in [-0.3, -0.25) is 14.4 Å². The summed E-state index contributed by atoms with van der Waals surface area (Å²) in [5.41, 5.74) is -3.48. The molecule has 4 heteroatoms. The molecule has 4 nitrogen and oxygen atoms in total. The van der Waals surface area contributed by atoms with E-state index >= 15 is 0 Å². The van der Waals surface area contributed by atoms with Crippen LogP contribution in [0.15, 0.2) is 12.2 Å². The minimum absolute atomic E-state index is 0.0167. The molecule has 0 radical (unpaired) electrons. The van der Waals surface area contributed by atoms with Gasteiger partial charge in [-0.25, -0.2) is 0 Å². The monoisotopic (exact) mass is 330 g/mol. The van der Waals surface area contributed by atoms with Crippen molar-refractivity contribution in [1.29, 1.82) is 0 Å². The van der Waals surface area contributed by atoms with Gasteiger partial charge in [0.25, 0.3) is 0 Å². The van der Waals surface area contributed by atoms with Gasteiger partial charge in [-0.1, -0.05) is 26.0 Å². The zero-order valence-corrected chi connectivity index (χ0v) is 14.9. The molecule has 1 N–H and O–H groups in total. The first-order chi connectivity index (χ1) is 11.1. The van der Waals surface area contributed by atoms with Crippen molar-refractivity contribution < 1.29 is 19.5 Å². The van der Waals surface area contributed by atoms with Crippen LogP contribution in [0, 0.1) is 40.4 Å². The van der Waals surface area contributed by atoms with Crippen molar-refractivity contribution in [3.05, 3.63) is 12.2 Å². The Bertz CT molecular complexity index is 708. The van der Waals surface area contributed by atoms with Crippen LogP contribution in [-0.4, -0.2) is 28.1 Å². The number of hydrogen-bond donors (Lipinski definition) is 1. The van der Waals surface area contributed by atoms with E-state index in [1.807, 2.05) is 13.8 Å². The highest BCUT2D eigenvalue weighted by molar-refractivity contribution is 6.50. The molecule has 8 atom stereocenters. The van der Waals surface area contributed by atoms with E-state index in [0.717, 1.165) is 18.4 Å². The van der Waals surface area contributed by atoms with E-state index in [9.17, 15) is 19.5 Å². The fourth-order valence-corrected chi connectivity index (χ4v) is 7.38. The largest absolute Gasteiger partial charge is 0.380 e. The molecule has 0 aromatic rings. The molecule has 4 saturated carbocycles. The van der Waals surface area contributed by atoms with Gasteiger partial charge in [-0.05, 0) is 56.8 Å². The van der Waals surface area contributed by atoms with Crippen molar-refractivity contribution in [1.82, 2.24) is 0 Å². The number of ketones is 3. The Morgan fingerprint density at radius 2 is 1.75 bits per heavy atom. The summed E-state index contributed by atoms with van der Waals surface area (Å²) in [5, 5.41) is 11.6. The van der Waals surface area contributed by atoms with E-state index in [-0.39, 0.29) is 35.4 Å². The summed E-state index contributed by atoms with van der Waals surface area (Å²) in [6.45, 7) is 11.5. The predicted octanol–water partition coefficient (Wildman–Crippen LogP) is 2.34. The maximum absolute atomic E-state index is 13.7. The molecule has 0 aromatic carbocycles. The predicted molar refractivity (Wildman–Crippen MR) is 88.0 cm³/mol. The summed E-state index contributed by atoms with van der Waals surface area (Å²) in [4.78, 5) is 39.8. The first-order valence-electron chi connectivity index (χ1n) is 9.09. The lowest BCUT2D eigenvalue weighted by molar-refractivity contribution is -0.201. The highest BCUT2D eigenvalue weighted by Crippen LogP contribution is 2.76. The molecule has 24 heavy (non-hydrogen) atoms. The number of carbonyl (C=O) groups excluding carboxylic acids is 3. The van der Waals surface area contributed by atoms with Crippen molar-refractivity contribution in [3.63, 3.8) is 0 Å². The zero-order valence-electron chi connectivity index (χ0n) is 14.9. The number of allylic oxidation sites excluding steroid dienone is 1. The summed E-state index contributed by atoms with van der Waals surface area (Å²) < 4.78 is 0. The highest BCUT2D eigenvalue weighted by atomic mass is 16.3. The third kappa shape index (κ3) is 1.24. The molecule has 0 amide bonds. The topological polar surface area (TPSA) is 71.4 Å². The second-order valence-corrected chi connectivity index (χ2v) is 9.05. The van der Waals surface area contributed by atoms with Crippen LogP contribution in [-0.2, 0) is 14.4 Å². The van der Waals surface area contributed by atoms with Crippen LogP contribution in [0.2, 0.25) is 0 Å². The van der Waals surface area contributed by atoms with Crippen molar-refractivity contribution in [2.24, 2.45) is 40.4 Å². The molecule has 4 fully saturated rings. The molecule has 1 spiro atoms. The smallest absolute Gasteiger partial charge is 0.232 e. The molecule has 0 aliphatic heterocycles. The Morgan fingerprint density at radius 3 is 2.33 bits per heavy atom. The molecular formula is C20H26O4. The third-order valence-electron chi connectivity index (χ3n) is 8.16. The number of rotatable bonds is 1. The standard InChI is InChI=1S/C20H26O4/c1-9(2)14-13-8-10(3)12-7-6-11(4)20(24)16(22)15(21)18(14,5)17(23)19(12,13)20/h10-14,24H,1,6-8H2,2-5H3/t10?,11?,12?,13-,14-,18?,19?,20?/m0/s1. The Labute approximate surface area is 142 Å². The van der Waals surface area contributed by atoms with Gasteiger partial charge in [-0.15, -0.1) is 0 Å². The molecule has 0 aromatic heterocycles. The molecular weight excluding hydrogens is 304 g/mol. The Morgan fingerprint density at radius 1 is 1.12 bits per heavy atom. The van der Waals surface area contributed by atoms with Gasteiger partial charge >= 0.3 is 0 Å². The van der Waals surface area contributed by atoms with Crippen molar-refractivity contribution >= 4 is 17.3 Å². The first kappa shape index (κ1) is 16.2. The first-order valence-corrected chi connectivity index (χ1v) is 9.09. The number of fused-ring (bicyclic) bond motifs is 1. The van der Waals surface area contributed by atoms with E-state index in [1.165, 1.54) is 0 Å². The average Bonchev–Trinajstić information content (AvgIpc) is 2.88. The summed E-state index contributed by atoms with van der Waals surface area (Å²) in [6, 6.07) is 0. The van der Waals surface area contributed by atoms with Gasteiger partial charge in [0.15, 0.2) is 5.78 Å². The van der Waals surface area contributed by atoms with Gasteiger partial charge in [0, 0.05) is 5.92 Å². The van der Waals surface area contributed by atoms with E-state index in [4.69, 9.17) is 0 Å². The molecule has 4 aliphatic rings. The Hall–Kier alpha value is -1.29. The van der Waals surface area contributed by atoms with Crippen molar-refractivity contribution in [2.45, 2.75) is 52.6 Å². The highest BCUT2D eigenvalue weighted by Gasteiger charge is 2.86. The second kappa shape index (κ2) is 4.27. The number of aliphatic hydroxyl groups is 1. The summed E-state index contributed by atoms with van der Waals surface area (Å²) in [6.07, 6.45) is 2.30. The maximum atomic E-state index is 13.7. The molecule has 6 unspecified atom stereocenters. The minimum Gasteiger partial charge on any atom is -0.380 e. The molecule has 0 saturated heterocycles. The number of Topliss-reactive ketones (excluding diaryl/α,β-unsaturated/α-hetero) is 3.